The van der Waals surface area contributed by atoms with Gasteiger partial charge in [0.1, 0.15) is 0 Å². The summed E-state index contributed by atoms with van der Waals surface area (Å²) >= 11 is 12.3. The summed E-state index contributed by atoms with van der Waals surface area (Å²) in [5, 5.41) is 9.81. The summed E-state index contributed by atoms with van der Waals surface area (Å²) < 4.78 is 0. The minimum atomic E-state index is -0.0281. The zero-order valence-electron chi connectivity index (χ0n) is 19.5. The zero-order chi connectivity index (χ0) is 22.5. The molecule has 3 heterocycles. The number of hydrazine groups is 1. The van der Waals surface area contributed by atoms with E-state index in [1.54, 1.807) is 0 Å². The Morgan fingerprint density at radius 3 is 1.57 bits per heavy atom. The monoisotopic (exact) mass is 457 g/mol. The third-order valence-corrected chi connectivity index (χ3v) is 6.17. The normalized spacial score (nSPS) is 25.8. The van der Waals surface area contributed by atoms with E-state index in [0.717, 1.165) is 25.7 Å². The van der Waals surface area contributed by atoms with E-state index in [1.807, 2.05) is 0 Å². The minimum absolute atomic E-state index is 0.0200. The Hall–Kier alpha value is -0.730. The van der Waals surface area contributed by atoms with Crippen molar-refractivity contribution in [3.63, 3.8) is 0 Å². The third kappa shape index (κ3) is 6.16. The van der Waals surface area contributed by atoms with Gasteiger partial charge in [0.15, 0.2) is 0 Å². The molecule has 0 bridgehead atoms. The summed E-state index contributed by atoms with van der Waals surface area (Å²) in [5.74, 6) is 0.479. The van der Waals surface area contributed by atoms with Crippen LogP contribution >= 0.6 is 23.2 Å². The number of rotatable bonds is 4. The van der Waals surface area contributed by atoms with Crippen LogP contribution in [0.4, 0.5) is 5.95 Å². The SMILES string of the molecule is CC1(C)CC(NN(c2nc(Cl)nc(Cl)n2)C2CC(C)(C)NC(C)(C)C2)CC(C)(C)N1. The highest BCUT2D eigenvalue weighted by molar-refractivity contribution is 6.31. The number of nitrogens with zero attached hydrogens (tertiary/aromatic N) is 4. The zero-order valence-corrected chi connectivity index (χ0v) is 21.0. The molecule has 0 atom stereocenters. The first-order valence-corrected chi connectivity index (χ1v) is 11.5. The maximum Gasteiger partial charge on any atom is 0.245 e. The van der Waals surface area contributed by atoms with E-state index in [0.29, 0.717) is 5.95 Å². The third-order valence-electron chi connectivity index (χ3n) is 5.83. The molecule has 0 amide bonds. The maximum atomic E-state index is 6.16. The van der Waals surface area contributed by atoms with Crippen molar-refractivity contribution in [1.82, 2.24) is 31.0 Å². The summed E-state index contributed by atoms with van der Waals surface area (Å²) in [5.41, 5.74) is 3.76. The molecule has 1 aromatic heterocycles. The lowest BCUT2D eigenvalue weighted by Gasteiger charge is -2.52. The number of piperidine rings is 2. The minimum Gasteiger partial charge on any atom is -0.307 e. The smallest absolute Gasteiger partial charge is 0.245 e. The molecule has 0 aliphatic carbocycles. The van der Waals surface area contributed by atoms with Gasteiger partial charge in [-0.3, -0.25) is 5.01 Å². The van der Waals surface area contributed by atoms with E-state index in [9.17, 15) is 0 Å². The van der Waals surface area contributed by atoms with Crippen molar-refractivity contribution in [2.24, 2.45) is 0 Å². The first-order chi connectivity index (χ1) is 13.5. The molecule has 1 aromatic rings. The van der Waals surface area contributed by atoms with E-state index in [4.69, 9.17) is 23.2 Å². The molecule has 2 aliphatic heterocycles. The summed E-state index contributed by atoms with van der Waals surface area (Å²) in [7, 11) is 0. The van der Waals surface area contributed by atoms with E-state index in [1.165, 1.54) is 0 Å². The first kappa shape index (κ1) is 23.9. The summed E-state index contributed by atoms with van der Waals surface area (Å²) in [4.78, 5) is 12.8. The molecule has 0 unspecified atom stereocenters. The first-order valence-electron chi connectivity index (χ1n) is 10.8. The lowest BCUT2D eigenvalue weighted by molar-refractivity contribution is 0.123. The van der Waals surface area contributed by atoms with Gasteiger partial charge in [-0.2, -0.15) is 15.0 Å². The summed E-state index contributed by atoms with van der Waals surface area (Å²) in [6, 6.07) is 0.429. The highest BCUT2D eigenvalue weighted by Gasteiger charge is 2.43. The van der Waals surface area contributed by atoms with Crippen molar-refractivity contribution in [2.75, 3.05) is 5.01 Å². The summed E-state index contributed by atoms with van der Waals surface area (Å²) in [6.07, 6.45) is 3.83. The van der Waals surface area contributed by atoms with Gasteiger partial charge in [-0.1, -0.05) is 0 Å². The van der Waals surface area contributed by atoms with Crippen LogP contribution in [0.15, 0.2) is 0 Å². The van der Waals surface area contributed by atoms with Crippen LogP contribution in [0.1, 0.15) is 81.1 Å². The van der Waals surface area contributed by atoms with Crippen LogP contribution in [0.3, 0.4) is 0 Å². The Balaban J connectivity index is 1.96. The molecule has 3 rings (SSSR count). The van der Waals surface area contributed by atoms with Crippen molar-refractivity contribution >= 4 is 29.2 Å². The van der Waals surface area contributed by atoms with Crippen molar-refractivity contribution in [1.29, 1.82) is 0 Å². The molecule has 30 heavy (non-hydrogen) atoms. The van der Waals surface area contributed by atoms with E-state index in [-0.39, 0.29) is 44.8 Å². The number of aromatic nitrogens is 3. The van der Waals surface area contributed by atoms with Crippen LogP contribution < -0.4 is 21.1 Å². The van der Waals surface area contributed by atoms with Gasteiger partial charge in [-0.15, -0.1) is 0 Å². The van der Waals surface area contributed by atoms with Gasteiger partial charge in [0.05, 0.1) is 6.04 Å². The topological polar surface area (TPSA) is 78.0 Å². The van der Waals surface area contributed by atoms with Gasteiger partial charge in [0.25, 0.3) is 0 Å². The highest BCUT2D eigenvalue weighted by atomic mass is 35.5. The Morgan fingerprint density at radius 1 is 0.733 bits per heavy atom. The van der Waals surface area contributed by atoms with Gasteiger partial charge in [-0.05, 0) is 104 Å². The van der Waals surface area contributed by atoms with Crippen LogP contribution in [0.5, 0.6) is 0 Å². The van der Waals surface area contributed by atoms with Crippen molar-refractivity contribution in [2.45, 2.75) is 115 Å². The van der Waals surface area contributed by atoms with E-state index < -0.39 is 0 Å². The fourth-order valence-electron chi connectivity index (χ4n) is 5.81. The summed E-state index contributed by atoms with van der Waals surface area (Å²) in [6.45, 7) is 18.0. The van der Waals surface area contributed by atoms with Gasteiger partial charge < -0.3 is 10.6 Å². The predicted molar refractivity (Wildman–Crippen MR) is 124 cm³/mol. The fraction of sp³-hybridized carbons (Fsp3) is 0.857. The standard InChI is InChI=1S/C21H37Cl2N7/c1-18(2)9-13(10-19(3,4)28-18)27-30(17-25-15(22)24-16(23)26-17)14-11-20(5,6)29-21(7,8)12-14/h13-14,27-29H,9-12H2,1-8H3. The Labute approximate surface area is 191 Å². The number of anilines is 1. The van der Waals surface area contributed by atoms with Crippen molar-refractivity contribution in [3.8, 4) is 0 Å². The molecule has 3 N–H and O–H groups in total. The molecule has 9 heteroatoms. The molecule has 0 saturated carbocycles. The average molecular weight is 458 g/mol. The van der Waals surface area contributed by atoms with Crippen LogP contribution in [0, 0.1) is 0 Å². The molecule has 170 valence electrons. The molecule has 7 nitrogen and oxygen atoms in total. The molecule has 0 spiro atoms. The van der Waals surface area contributed by atoms with Gasteiger partial charge in [0.2, 0.25) is 16.5 Å². The van der Waals surface area contributed by atoms with Crippen molar-refractivity contribution < 1.29 is 0 Å². The molecular weight excluding hydrogens is 421 g/mol. The lowest BCUT2D eigenvalue weighted by atomic mass is 9.78. The van der Waals surface area contributed by atoms with Crippen LogP contribution in [-0.4, -0.2) is 49.2 Å². The van der Waals surface area contributed by atoms with E-state index >= 15 is 0 Å². The van der Waals surface area contributed by atoms with Crippen molar-refractivity contribution in [3.05, 3.63) is 10.6 Å². The quantitative estimate of drug-likeness (QED) is 0.586. The average Bonchev–Trinajstić information content (AvgIpc) is 2.45. The molecular formula is C21H37Cl2N7. The second-order valence-corrected chi connectivity index (χ2v) is 12.3. The molecule has 2 saturated heterocycles. The fourth-order valence-corrected chi connectivity index (χ4v) is 6.17. The van der Waals surface area contributed by atoms with Crippen LogP contribution in [0.25, 0.3) is 0 Å². The number of nitrogens with one attached hydrogen (secondary N) is 3. The van der Waals surface area contributed by atoms with Crippen LogP contribution in [-0.2, 0) is 0 Å². The number of hydrogen-bond acceptors (Lipinski definition) is 7. The highest BCUT2D eigenvalue weighted by Crippen LogP contribution is 2.34. The van der Waals surface area contributed by atoms with Gasteiger partial charge in [-0.25, -0.2) is 5.43 Å². The Bertz CT molecular complexity index is 726. The molecule has 0 aromatic carbocycles. The number of hydrogen-bond donors (Lipinski definition) is 3. The van der Waals surface area contributed by atoms with Gasteiger partial charge in [0, 0.05) is 28.2 Å². The largest absolute Gasteiger partial charge is 0.307 e. The lowest BCUT2D eigenvalue weighted by Crippen LogP contribution is -2.67. The molecule has 2 aliphatic rings. The number of halogens is 2. The Morgan fingerprint density at radius 2 is 1.13 bits per heavy atom. The Kier molecular flexibility index (Phi) is 6.38. The van der Waals surface area contributed by atoms with Crippen LogP contribution in [0.2, 0.25) is 10.6 Å². The molecule has 0 radical (unpaired) electrons. The second kappa shape index (κ2) is 8.00. The maximum absolute atomic E-state index is 6.16. The van der Waals surface area contributed by atoms with E-state index in [2.05, 4.69) is 91.4 Å². The molecule has 2 fully saturated rings. The second-order valence-electron chi connectivity index (χ2n) is 11.6. The predicted octanol–water partition coefficient (Wildman–Crippen LogP) is 4.11. The van der Waals surface area contributed by atoms with Gasteiger partial charge >= 0.3 is 0 Å².